The van der Waals surface area contributed by atoms with Gasteiger partial charge in [-0.2, -0.15) is 0 Å². The summed E-state index contributed by atoms with van der Waals surface area (Å²) in [6, 6.07) is 21.8. The Morgan fingerprint density at radius 3 is 2.37 bits per heavy atom. The summed E-state index contributed by atoms with van der Waals surface area (Å²) in [5, 5.41) is 2.98. The highest BCUT2D eigenvalue weighted by atomic mass is 32.1. The minimum absolute atomic E-state index is 0.118. The van der Waals surface area contributed by atoms with Gasteiger partial charge >= 0.3 is 0 Å². The number of thiophene rings is 1. The van der Waals surface area contributed by atoms with Gasteiger partial charge in [0.1, 0.15) is 6.54 Å². The molecule has 5 heteroatoms. The fourth-order valence-corrected chi connectivity index (χ4v) is 5.56. The lowest BCUT2D eigenvalue weighted by atomic mass is 10.0. The molecule has 1 aliphatic heterocycles. The Balaban J connectivity index is 1.31. The predicted octanol–water partition coefficient (Wildman–Crippen LogP) is 6.95. The van der Waals surface area contributed by atoms with Crippen LogP contribution >= 0.6 is 11.3 Å². The third kappa shape index (κ3) is 6.91. The molecule has 1 saturated heterocycles. The summed E-state index contributed by atoms with van der Waals surface area (Å²) >= 11 is 1.69. The van der Waals surface area contributed by atoms with E-state index < -0.39 is 0 Å². The van der Waals surface area contributed by atoms with Crippen LogP contribution in [-0.2, 0) is 16.1 Å². The van der Waals surface area contributed by atoms with Gasteiger partial charge in [0.05, 0.1) is 33.4 Å². The SMILES string of the molecule is CC(C)c1ccc(-c2ccc(/C=C/C(=O)Nc3ccc(C[N+](C)(C)C4CCOCC4)cc3)s2)cc1. The van der Waals surface area contributed by atoms with Crippen LogP contribution in [0.1, 0.15) is 48.6 Å². The monoisotopic (exact) mass is 489 g/mol. The minimum Gasteiger partial charge on any atom is -0.381 e. The van der Waals surface area contributed by atoms with Gasteiger partial charge in [-0.1, -0.05) is 50.2 Å². The van der Waals surface area contributed by atoms with Gasteiger partial charge in [-0.3, -0.25) is 4.79 Å². The third-order valence-corrected chi connectivity index (χ3v) is 7.98. The number of anilines is 1. The first-order valence-corrected chi connectivity index (χ1v) is 13.3. The highest BCUT2D eigenvalue weighted by molar-refractivity contribution is 7.16. The molecule has 4 nitrogen and oxygen atoms in total. The van der Waals surface area contributed by atoms with Gasteiger partial charge in [0.2, 0.25) is 5.91 Å². The largest absolute Gasteiger partial charge is 0.381 e. The fraction of sp³-hybridized carbons (Fsp3) is 0.367. The smallest absolute Gasteiger partial charge is 0.248 e. The Morgan fingerprint density at radius 1 is 1.03 bits per heavy atom. The van der Waals surface area contributed by atoms with E-state index in [0.717, 1.165) is 47.6 Å². The molecule has 0 bridgehead atoms. The molecular weight excluding hydrogens is 452 g/mol. The van der Waals surface area contributed by atoms with Gasteiger partial charge in [0.25, 0.3) is 0 Å². The molecule has 1 aliphatic rings. The average Bonchev–Trinajstić information content (AvgIpc) is 3.34. The number of rotatable bonds is 8. The normalized spacial score (nSPS) is 15.1. The number of carbonyl (C=O) groups is 1. The van der Waals surface area contributed by atoms with Gasteiger partial charge in [0, 0.05) is 39.9 Å². The predicted molar refractivity (Wildman–Crippen MR) is 148 cm³/mol. The van der Waals surface area contributed by atoms with Gasteiger partial charge in [-0.25, -0.2) is 0 Å². The Kier molecular flexibility index (Phi) is 8.22. The molecule has 1 N–H and O–H groups in total. The number of carbonyl (C=O) groups excluding carboxylic acids is 1. The van der Waals surface area contributed by atoms with Crippen molar-refractivity contribution in [3.05, 3.63) is 82.7 Å². The van der Waals surface area contributed by atoms with Crippen LogP contribution in [0, 0.1) is 0 Å². The van der Waals surface area contributed by atoms with Crippen LogP contribution in [0.2, 0.25) is 0 Å². The number of hydrogen-bond donors (Lipinski definition) is 1. The number of benzene rings is 2. The van der Waals surface area contributed by atoms with Crippen LogP contribution in [0.3, 0.4) is 0 Å². The summed E-state index contributed by atoms with van der Waals surface area (Å²) in [5.74, 6) is 0.413. The molecule has 184 valence electrons. The van der Waals surface area contributed by atoms with E-state index in [4.69, 9.17) is 4.74 Å². The summed E-state index contributed by atoms with van der Waals surface area (Å²) in [6.45, 7) is 7.11. The van der Waals surface area contributed by atoms with E-state index in [1.54, 1.807) is 17.4 Å². The molecular formula is C30H37N2O2S+. The van der Waals surface area contributed by atoms with Gasteiger partial charge < -0.3 is 14.5 Å². The summed E-state index contributed by atoms with van der Waals surface area (Å²) < 4.78 is 6.48. The quantitative estimate of drug-likeness (QED) is 0.275. The molecule has 0 spiro atoms. The van der Waals surface area contributed by atoms with Crippen LogP contribution in [-0.4, -0.2) is 43.7 Å². The number of ether oxygens (including phenoxy) is 1. The number of hydrogen-bond acceptors (Lipinski definition) is 3. The zero-order valence-electron chi connectivity index (χ0n) is 21.3. The molecule has 35 heavy (non-hydrogen) atoms. The van der Waals surface area contributed by atoms with Crippen molar-refractivity contribution in [1.29, 1.82) is 0 Å². The van der Waals surface area contributed by atoms with E-state index >= 15 is 0 Å². The van der Waals surface area contributed by atoms with E-state index in [1.807, 2.05) is 18.2 Å². The fourth-order valence-electron chi connectivity index (χ4n) is 4.65. The Labute approximate surface area is 213 Å². The van der Waals surface area contributed by atoms with Crippen molar-refractivity contribution in [3.8, 4) is 10.4 Å². The van der Waals surface area contributed by atoms with Gasteiger partial charge in [-0.05, 0) is 47.4 Å². The minimum atomic E-state index is -0.118. The van der Waals surface area contributed by atoms with Crippen LogP contribution in [0.4, 0.5) is 5.69 Å². The van der Waals surface area contributed by atoms with E-state index in [2.05, 4.69) is 81.8 Å². The van der Waals surface area contributed by atoms with E-state index in [0.29, 0.717) is 12.0 Å². The van der Waals surface area contributed by atoms with Crippen molar-refractivity contribution in [2.24, 2.45) is 0 Å². The standard InChI is InChI=1S/C30H36N2O2S/c1-22(2)24-7-9-25(10-8-24)29-15-13-28(35-29)14-16-30(33)31-26-11-5-23(6-12-26)21-32(3,4)27-17-19-34-20-18-27/h5-16,22,27H,17-21H2,1-4H3/p+1/b16-14+. The molecule has 1 fully saturated rings. The molecule has 1 amide bonds. The summed E-state index contributed by atoms with van der Waals surface area (Å²) in [6.07, 6.45) is 5.72. The van der Waals surface area contributed by atoms with Crippen molar-refractivity contribution in [3.63, 3.8) is 0 Å². The lowest BCUT2D eigenvalue weighted by Gasteiger charge is -2.40. The van der Waals surface area contributed by atoms with E-state index in [1.165, 1.54) is 21.6 Å². The molecule has 1 aromatic heterocycles. The Morgan fingerprint density at radius 2 is 1.71 bits per heavy atom. The lowest BCUT2D eigenvalue weighted by Crippen LogP contribution is -2.50. The second kappa shape index (κ2) is 11.3. The van der Waals surface area contributed by atoms with Crippen molar-refractivity contribution in [1.82, 2.24) is 0 Å². The summed E-state index contributed by atoms with van der Waals surface area (Å²) in [7, 11) is 4.60. The first kappa shape index (κ1) is 25.4. The third-order valence-electron chi connectivity index (χ3n) is 6.88. The zero-order chi connectivity index (χ0) is 24.8. The second-order valence-corrected chi connectivity index (χ2v) is 11.4. The number of nitrogens with one attached hydrogen (secondary N) is 1. The van der Waals surface area contributed by atoms with Crippen molar-refractivity contribution in [2.45, 2.75) is 45.2 Å². The molecule has 0 saturated carbocycles. The van der Waals surface area contributed by atoms with E-state index in [9.17, 15) is 4.79 Å². The first-order valence-electron chi connectivity index (χ1n) is 12.5. The molecule has 0 radical (unpaired) electrons. The van der Waals surface area contributed by atoms with E-state index in [-0.39, 0.29) is 5.91 Å². The second-order valence-electron chi connectivity index (χ2n) is 10.3. The first-order chi connectivity index (χ1) is 16.8. The maximum Gasteiger partial charge on any atom is 0.248 e. The maximum atomic E-state index is 12.5. The van der Waals surface area contributed by atoms with Crippen molar-refractivity contribution in [2.75, 3.05) is 32.6 Å². The molecule has 2 heterocycles. The topological polar surface area (TPSA) is 38.3 Å². The average molecular weight is 490 g/mol. The highest BCUT2D eigenvalue weighted by Crippen LogP contribution is 2.30. The van der Waals surface area contributed by atoms with Crippen molar-refractivity contribution < 1.29 is 14.0 Å². The van der Waals surface area contributed by atoms with Crippen LogP contribution in [0.15, 0.2) is 66.7 Å². The Bertz CT molecular complexity index is 1140. The molecule has 4 rings (SSSR count). The number of amides is 1. The van der Waals surface area contributed by atoms with Crippen LogP contribution < -0.4 is 5.32 Å². The summed E-state index contributed by atoms with van der Waals surface area (Å²) in [5.41, 5.74) is 4.65. The van der Waals surface area contributed by atoms with Crippen LogP contribution in [0.25, 0.3) is 16.5 Å². The van der Waals surface area contributed by atoms with Crippen LogP contribution in [0.5, 0.6) is 0 Å². The number of nitrogens with zero attached hydrogens (tertiary/aromatic N) is 1. The molecule has 0 aliphatic carbocycles. The zero-order valence-corrected chi connectivity index (χ0v) is 22.1. The van der Waals surface area contributed by atoms with Gasteiger partial charge in [0.15, 0.2) is 0 Å². The number of quaternary nitrogens is 1. The molecule has 3 aromatic rings. The van der Waals surface area contributed by atoms with Crippen molar-refractivity contribution >= 4 is 29.0 Å². The highest BCUT2D eigenvalue weighted by Gasteiger charge is 2.30. The molecule has 2 aromatic carbocycles. The maximum absolute atomic E-state index is 12.5. The lowest BCUT2D eigenvalue weighted by molar-refractivity contribution is -0.929. The Hall–Kier alpha value is -2.73. The van der Waals surface area contributed by atoms with Gasteiger partial charge in [-0.15, -0.1) is 11.3 Å². The molecule has 0 unspecified atom stereocenters. The molecule has 0 atom stereocenters. The summed E-state index contributed by atoms with van der Waals surface area (Å²) in [4.78, 5) is 14.7.